The van der Waals surface area contributed by atoms with Gasteiger partial charge < -0.3 is 15.0 Å². The summed E-state index contributed by atoms with van der Waals surface area (Å²) in [6, 6.07) is 15.4. The average Bonchev–Trinajstić information content (AvgIpc) is 3.18. The van der Waals surface area contributed by atoms with E-state index in [0.717, 1.165) is 30.4 Å². The maximum Gasteiger partial charge on any atom is 0.407 e. The molecule has 2 aromatic carbocycles. The second-order valence-corrected chi connectivity index (χ2v) is 10.5. The van der Waals surface area contributed by atoms with Gasteiger partial charge in [0.2, 0.25) is 11.8 Å². The molecule has 2 heterocycles. The Bertz CT molecular complexity index is 1220. The topological polar surface area (TPSA) is 105 Å². The molecule has 2 bridgehead atoms. The summed E-state index contributed by atoms with van der Waals surface area (Å²) >= 11 is 0. The number of piperidine rings is 1. The predicted octanol–water partition coefficient (Wildman–Crippen LogP) is 3.26. The zero-order valence-corrected chi connectivity index (χ0v) is 19.9. The largest absolute Gasteiger partial charge is 0.445 e. The van der Waals surface area contributed by atoms with Gasteiger partial charge in [-0.3, -0.25) is 19.7 Å². The van der Waals surface area contributed by atoms with Crippen LogP contribution in [0.2, 0.25) is 0 Å². The van der Waals surface area contributed by atoms with Crippen LogP contribution in [0.15, 0.2) is 48.5 Å². The fourth-order valence-electron chi connectivity index (χ4n) is 6.34. The van der Waals surface area contributed by atoms with Crippen molar-refractivity contribution >= 4 is 23.8 Å². The third-order valence-corrected chi connectivity index (χ3v) is 8.35. The van der Waals surface area contributed by atoms with E-state index in [-0.39, 0.29) is 30.9 Å². The number of carbonyl (C=O) groups is 4. The molecule has 8 heteroatoms. The minimum Gasteiger partial charge on any atom is -0.445 e. The highest BCUT2D eigenvalue weighted by Crippen LogP contribution is 2.53. The molecule has 1 saturated heterocycles. The normalized spacial score (nSPS) is 28.7. The molecule has 3 saturated carbocycles. The van der Waals surface area contributed by atoms with Crippen molar-refractivity contribution in [2.45, 2.75) is 63.3 Å². The van der Waals surface area contributed by atoms with Crippen LogP contribution < -0.4 is 10.6 Å². The summed E-state index contributed by atoms with van der Waals surface area (Å²) in [7, 11) is 0. The fraction of sp³-hybridized carbons (Fsp3) is 0.429. The van der Waals surface area contributed by atoms with Gasteiger partial charge >= 0.3 is 6.09 Å². The van der Waals surface area contributed by atoms with Crippen molar-refractivity contribution in [1.82, 2.24) is 15.5 Å². The van der Waals surface area contributed by atoms with Crippen LogP contribution in [-0.2, 0) is 27.5 Å². The molecule has 0 radical (unpaired) electrons. The zero-order valence-electron chi connectivity index (χ0n) is 19.9. The lowest BCUT2D eigenvalue weighted by molar-refractivity contribution is -0.136. The van der Waals surface area contributed by atoms with Gasteiger partial charge in [0.05, 0.1) is 0 Å². The van der Waals surface area contributed by atoms with E-state index < -0.39 is 18.0 Å². The molecule has 2 aliphatic heterocycles. The van der Waals surface area contributed by atoms with Crippen molar-refractivity contribution in [2.24, 2.45) is 11.8 Å². The molecule has 2 N–H and O–H groups in total. The summed E-state index contributed by atoms with van der Waals surface area (Å²) in [5.74, 6) is 0.714. The number of benzene rings is 2. The number of nitrogens with one attached hydrogen (secondary N) is 2. The van der Waals surface area contributed by atoms with Gasteiger partial charge in [-0.15, -0.1) is 0 Å². The molecule has 2 aromatic rings. The number of carbonyl (C=O) groups excluding carboxylic acids is 4. The van der Waals surface area contributed by atoms with Crippen molar-refractivity contribution < 1.29 is 23.9 Å². The average molecular weight is 488 g/mol. The molecule has 7 rings (SSSR count). The maximum atomic E-state index is 13.0. The number of alkyl carbamates (subject to hydrolysis) is 1. The van der Waals surface area contributed by atoms with Gasteiger partial charge in [0.1, 0.15) is 12.6 Å². The molecule has 5 aliphatic rings. The predicted molar refractivity (Wildman–Crippen MR) is 130 cm³/mol. The third kappa shape index (κ3) is 4.14. The van der Waals surface area contributed by atoms with Crippen LogP contribution in [0.1, 0.15) is 65.1 Å². The minimum atomic E-state index is -0.644. The van der Waals surface area contributed by atoms with Crippen LogP contribution in [0.25, 0.3) is 0 Å². The first kappa shape index (κ1) is 22.8. The van der Waals surface area contributed by atoms with Gasteiger partial charge in [-0.05, 0) is 66.2 Å². The number of rotatable bonds is 5. The molecular formula is C28H29N3O5. The zero-order chi connectivity index (χ0) is 24.8. The number of hydrogen-bond donors (Lipinski definition) is 2. The number of imide groups is 1. The first-order chi connectivity index (χ1) is 17.5. The van der Waals surface area contributed by atoms with Gasteiger partial charge in [0, 0.05) is 24.6 Å². The van der Waals surface area contributed by atoms with E-state index in [1.807, 2.05) is 18.2 Å². The number of amides is 4. The van der Waals surface area contributed by atoms with E-state index >= 15 is 0 Å². The van der Waals surface area contributed by atoms with E-state index in [2.05, 4.69) is 34.9 Å². The summed E-state index contributed by atoms with van der Waals surface area (Å²) in [4.78, 5) is 50.8. The Balaban J connectivity index is 1.05. The van der Waals surface area contributed by atoms with E-state index in [1.54, 1.807) is 6.07 Å². The van der Waals surface area contributed by atoms with Gasteiger partial charge in [-0.25, -0.2) is 4.79 Å². The lowest BCUT2D eigenvalue weighted by atomic mass is 9.56. The highest BCUT2D eigenvalue weighted by atomic mass is 16.5. The monoisotopic (exact) mass is 487 g/mol. The molecule has 3 atom stereocenters. The van der Waals surface area contributed by atoms with E-state index in [4.69, 9.17) is 4.74 Å². The number of ether oxygens (including phenoxy) is 1. The van der Waals surface area contributed by atoms with Crippen molar-refractivity contribution in [3.05, 3.63) is 70.8 Å². The van der Waals surface area contributed by atoms with E-state index in [0.29, 0.717) is 36.3 Å². The highest BCUT2D eigenvalue weighted by Gasteiger charge is 2.47. The van der Waals surface area contributed by atoms with Crippen LogP contribution in [0.5, 0.6) is 0 Å². The summed E-state index contributed by atoms with van der Waals surface area (Å²) in [5.41, 5.74) is 3.40. The Morgan fingerprint density at radius 2 is 1.83 bits per heavy atom. The first-order valence-corrected chi connectivity index (χ1v) is 12.7. The Morgan fingerprint density at radius 3 is 2.61 bits per heavy atom. The number of hydrogen-bond acceptors (Lipinski definition) is 5. The third-order valence-electron chi connectivity index (χ3n) is 8.35. The maximum absolute atomic E-state index is 13.0. The standard InChI is InChI=1S/C28H29N3O5/c32-25-9-8-24(26(33)30-25)31-14-18-7-6-16(10-22(18)27(31)34)15-36-28(35)29-23-13-21(19-11-20(23)12-19)17-4-2-1-3-5-17/h1-7,10,19-21,23-24H,8-9,11-15H2,(H,29,35)(H,30,32,33)/t19?,20?,21-,23-,24?/m1/s1. The second kappa shape index (κ2) is 9.08. The summed E-state index contributed by atoms with van der Waals surface area (Å²) < 4.78 is 5.53. The minimum absolute atomic E-state index is 0.0624. The molecule has 8 nitrogen and oxygen atoms in total. The molecule has 0 aromatic heterocycles. The fourth-order valence-corrected chi connectivity index (χ4v) is 6.34. The van der Waals surface area contributed by atoms with Gasteiger partial charge in [0.15, 0.2) is 0 Å². The molecule has 186 valence electrons. The van der Waals surface area contributed by atoms with Gasteiger partial charge in [0.25, 0.3) is 5.91 Å². The molecule has 0 spiro atoms. The Morgan fingerprint density at radius 1 is 1.03 bits per heavy atom. The van der Waals surface area contributed by atoms with Crippen molar-refractivity contribution in [2.75, 3.05) is 0 Å². The van der Waals surface area contributed by atoms with Crippen molar-refractivity contribution in [3.8, 4) is 0 Å². The SMILES string of the molecule is O=C1CCC(N2Cc3ccc(COC(=O)N[C@@H]4C[C@H](c5ccccc5)C5CC4C5)cc3C2=O)C(=O)N1. The summed E-state index contributed by atoms with van der Waals surface area (Å²) in [6.45, 7) is 0.391. The van der Waals surface area contributed by atoms with E-state index in [9.17, 15) is 19.2 Å². The van der Waals surface area contributed by atoms with Gasteiger partial charge in [-0.2, -0.15) is 0 Å². The lowest BCUT2D eigenvalue weighted by Gasteiger charge is -2.51. The summed E-state index contributed by atoms with van der Waals surface area (Å²) in [5, 5.41) is 5.40. The molecular weight excluding hydrogens is 458 g/mol. The van der Waals surface area contributed by atoms with Crippen LogP contribution >= 0.6 is 0 Å². The summed E-state index contributed by atoms with van der Waals surface area (Å²) in [6.07, 6.45) is 3.32. The molecule has 4 amide bonds. The van der Waals surface area contributed by atoms with Crippen LogP contribution in [0.3, 0.4) is 0 Å². The Kier molecular flexibility index (Phi) is 5.74. The molecule has 1 unspecified atom stereocenters. The van der Waals surface area contributed by atoms with Crippen LogP contribution in [-0.4, -0.2) is 40.8 Å². The van der Waals surface area contributed by atoms with Crippen LogP contribution in [0.4, 0.5) is 4.79 Å². The highest BCUT2D eigenvalue weighted by molar-refractivity contribution is 6.05. The molecule has 3 aliphatic carbocycles. The van der Waals surface area contributed by atoms with Crippen molar-refractivity contribution in [3.63, 3.8) is 0 Å². The Labute approximate surface area is 209 Å². The van der Waals surface area contributed by atoms with Gasteiger partial charge in [-0.1, -0.05) is 42.5 Å². The lowest BCUT2D eigenvalue weighted by Crippen LogP contribution is -2.52. The molecule has 4 fully saturated rings. The number of fused-ring (bicyclic) bond motifs is 3. The van der Waals surface area contributed by atoms with E-state index in [1.165, 1.54) is 10.5 Å². The Hall–Kier alpha value is -3.68. The quantitative estimate of drug-likeness (QED) is 0.630. The second-order valence-electron chi connectivity index (χ2n) is 10.5. The van der Waals surface area contributed by atoms with Crippen molar-refractivity contribution in [1.29, 1.82) is 0 Å². The number of nitrogens with zero attached hydrogens (tertiary/aromatic N) is 1. The van der Waals surface area contributed by atoms with Crippen LogP contribution in [0, 0.1) is 11.8 Å². The smallest absolute Gasteiger partial charge is 0.407 e. The molecule has 36 heavy (non-hydrogen) atoms. The first-order valence-electron chi connectivity index (χ1n) is 12.7.